The molecular weight excluding hydrogens is 771 g/mol. The van der Waals surface area contributed by atoms with E-state index < -0.39 is 0 Å². The first-order valence-electron chi connectivity index (χ1n) is 22.3. The van der Waals surface area contributed by atoms with Crippen molar-refractivity contribution in [1.82, 2.24) is 0 Å². The zero-order valence-corrected chi connectivity index (χ0v) is 36.0. The van der Waals surface area contributed by atoms with Crippen molar-refractivity contribution >= 4 is 49.4 Å². The maximum absolute atomic E-state index is 2.50. The lowest BCUT2D eigenvalue weighted by Gasteiger charge is -2.31. The first kappa shape index (κ1) is 37.7. The van der Waals surface area contributed by atoms with E-state index >= 15 is 0 Å². The van der Waals surface area contributed by atoms with Gasteiger partial charge in [0.15, 0.2) is 0 Å². The monoisotopic (exact) mass is 815 g/mol. The van der Waals surface area contributed by atoms with Crippen LogP contribution >= 0.6 is 0 Å². The summed E-state index contributed by atoms with van der Waals surface area (Å²) in [4.78, 5) is 2.50. The van der Waals surface area contributed by atoms with Crippen molar-refractivity contribution in [2.75, 3.05) is 4.90 Å². The molecule has 0 saturated heterocycles. The minimum Gasteiger partial charge on any atom is -0.309 e. The lowest BCUT2D eigenvalue weighted by molar-refractivity contribution is 0.660. The summed E-state index contributed by atoms with van der Waals surface area (Å²) >= 11 is 0. The van der Waals surface area contributed by atoms with Gasteiger partial charge in [-0.1, -0.05) is 226 Å². The average Bonchev–Trinajstić information content (AvgIpc) is 3.60. The lowest BCUT2D eigenvalue weighted by atomic mass is 9.82. The fourth-order valence-corrected chi connectivity index (χ4v) is 10.7. The van der Waals surface area contributed by atoms with E-state index in [0.717, 1.165) is 17.1 Å². The minimum atomic E-state index is -0.113. The highest BCUT2D eigenvalue weighted by molar-refractivity contribution is 6.13. The van der Waals surface area contributed by atoms with Crippen molar-refractivity contribution in [3.63, 3.8) is 0 Å². The molecule has 0 saturated carbocycles. The highest BCUT2D eigenvalue weighted by atomic mass is 15.1. The number of hydrogen-bond donors (Lipinski definition) is 0. The summed E-state index contributed by atoms with van der Waals surface area (Å²) in [7, 11) is 0. The van der Waals surface area contributed by atoms with Gasteiger partial charge in [-0.25, -0.2) is 0 Å². The number of rotatable bonds is 7. The molecule has 1 nitrogen and oxygen atoms in total. The topological polar surface area (TPSA) is 3.24 Å². The number of anilines is 3. The van der Waals surface area contributed by atoms with E-state index in [1.165, 1.54) is 99.1 Å². The maximum Gasteiger partial charge on any atom is 0.0540 e. The third-order valence-corrected chi connectivity index (χ3v) is 13.7. The van der Waals surface area contributed by atoms with Gasteiger partial charge in [-0.3, -0.25) is 0 Å². The molecule has 0 unspecified atom stereocenters. The third-order valence-electron chi connectivity index (χ3n) is 13.7. The van der Waals surface area contributed by atoms with E-state index in [0.29, 0.717) is 0 Å². The summed E-state index contributed by atoms with van der Waals surface area (Å²) in [6, 6.07) is 87.3. The predicted octanol–water partition coefficient (Wildman–Crippen LogP) is 17.6. The lowest BCUT2D eigenvalue weighted by Crippen LogP contribution is -2.15. The number of hydrogen-bond acceptors (Lipinski definition) is 1. The fraction of sp³-hybridized carbons (Fsp3) is 0.0476. The van der Waals surface area contributed by atoms with Crippen LogP contribution in [0.5, 0.6) is 0 Å². The van der Waals surface area contributed by atoms with Crippen LogP contribution in [0.1, 0.15) is 25.0 Å². The van der Waals surface area contributed by atoms with Crippen LogP contribution in [0.3, 0.4) is 0 Å². The molecule has 1 aliphatic carbocycles. The van der Waals surface area contributed by atoms with E-state index in [1.807, 2.05) is 0 Å². The Morgan fingerprint density at radius 3 is 1.59 bits per heavy atom. The zero-order chi connectivity index (χ0) is 42.8. The SMILES string of the molecule is CC1(C)c2ccccc2-c2c(-c3ccccc3N(c3ccc(-c4cccc5c4ccc4ccccc45)cc3)c3ccccc3-c3cccc4cccc(-c5ccccc5)c34)cccc21. The Kier molecular flexibility index (Phi) is 8.91. The predicted molar refractivity (Wildman–Crippen MR) is 273 cm³/mol. The number of nitrogens with zero attached hydrogens (tertiary/aromatic N) is 1. The standard InChI is InChI=1S/C63H45N/c1-63(2)57-32-11-8-26-56(57)62-55(31-17-33-58(62)63)53-25-10-13-35-60(53)64(46-39-36-44(37-40-46)48-27-16-29-50-47-23-7-6-20-43(47)38-41-51(48)50)59-34-12-9-24-52(59)54-30-15-22-45-21-14-28-49(61(45)54)42-18-4-3-5-19-42/h3-41H,1-2H3. The van der Waals surface area contributed by atoms with Crippen LogP contribution in [0.4, 0.5) is 17.1 Å². The van der Waals surface area contributed by atoms with Gasteiger partial charge in [-0.05, 0) is 112 Å². The molecule has 0 N–H and O–H groups in total. The smallest absolute Gasteiger partial charge is 0.0540 e. The van der Waals surface area contributed by atoms with Gasteiger partial charge in [-0.15, -0.1) is 0 Å². The van der Waals surface area contributed by atoms with E-state index in [2.05, 4.69) is 255 Å². The normalized spacial score (nSPS) is 12.7. The Balaban J connectivity index is 1.09. The molecule has 1 aliphatic rings. The van der Waals surface area contributed by atoms with Gasteiger partial charge >= 0.3 is 0 Å². The van der Waals surface area contributed by atoms with E-state index in [-0.39, 0.29) is 5.41 Å². The average molecular weight is 816 g/mol. The molecule has 64 heavy (non-hydrogen) atoms. The molecule has 302 valence electrons. The number of fused-ring (bicyclic) bond motifs is 7. The van der Waals surface area contributed by atoms with Crippen molar-refractivity contribution in [1.29, 1.82) is 0 Å². The van der Waals surface area contributed by atoms with E-state index in [1.54, 1.807) is 0 Å². The van der Waals surface area contributed by atoms with Gasteiger partial charge in [-0.2, -0.15) is 0 Å². The van der Waals surface area contributed by atoms with Gasteiger partial charge in [0.2, 0.25) is 0 Å². The van der Waals surface area contributed by atoms with Crippen molar-refractivity contribution in [3.05, 3.63) is 248 Å². The highest BCUT2D eigenvalue weighted by Crippen LogP contribution is 2.54. The fourth-order valence-electron chi connectivity index (χ4n) is 10.7. The van der Waals surface area contributed by atoms with Crippen molar-refractivity contribution in [2.45, 2.75) is 19.3 Å². The Morgan fingerprint density at radius 2 is 0.812 bits per heavy atom. The molecule has 0 atom stereocenters. The molecule has 1 heteroatoms. The molecule has 0 bridgehead atoms. The molecular formula is C63H45N. The Bertz CT molecular complexity index is 3570. The Labute approximate surface area is 375 Å². The summed E-state index contributed by atoms with van der Waals surface area (Å²) < 4.78 is 0. The first-order chi connectivity index (χ1) is 31.5. The van der Waals surface area contributed by atoms with Crippen molar-refractivity contribution in [3.8, 4) is 55.6 Å². The molecule has 11 aromatic rings. The first-order valence-corrected chi connectivity index (χ1v) is 22.3. The van der Waals surface area contributed by atoms with Gasteiger partial charge in [0.25, 0.3) is 0 Å². The molecule has 0 aliphatic heterocycles. The van der Waals surface area contributed by atoms with E-state index in [4.69, 9.17) is 0 Å². The Morgan fingerprint density at radius 1 is 0.297 bits per heavy atom. The molecule has 0 amide bonds. The molecule has 0 aromatic heterocycles. The van der Waals surface area contributed by atoms with Gasteiger partial charge in [0.1, 0.15) is 0 Å². The minimum absolute atomic E-state index is 0.113. The van der Waals surface area contributed by atoms with Crippen LogP contribution < -0.4 is 4.90 Å². The highest BCUT2D eigenvalue weighted by Gasteiger charge is 2.37. The molecule has 11 aromatic carbocycles. The Hall–Kier alpha value is -8.00. The molecule has 0 radical (unpaired) electrons. The van der Waals surface area contributed by atoms with Gasteiger partial charge in [0, 0.05) is 22.2 Å². The van der Waals surface area contributed by atoms with Crippen LogP contribution in [0, 0.1) is 0 Å². The second-order valence-electron chi connectivity index (χ2n) is 17.6. The van der Waals surface area contributed by atoms with Crippen LogP contribution in [-0.2, 0) is 5.41 Å². The van der Waals surface area contributed by atoms with Crippen molar-refractivity contribution < 1.29 is 0 Å². The summed E-state index contributed by atoms with van der Waals surface area (Å²) in [6.07, 6.45) is 0. The summed E-state index contributed by atoms with van der Waals surface area (Å²) in [5, 5.41) is 7.53. The molecule has 0 heterocycles. The molecule has 0 spiro atoms. The largest absolute Gasteiger partial charge is 0.309 e. The third kappa shape index (κ3) is 6.00. The number of benzene rings is 11. The van der Waals surface area contributed by atoms with Crippen molar-refractivity contribution in [2.24, 2.45) is 0 Å². The summed E-state index contributed by atoms with van der Waals surface area (Å²) in [5.74, 6) is 0. The second kappa shape index (κ2) is 15.1. The molecule has 12 rings (SSSR count). The van der Waals surface area contributed by atoms with Gasteiger partial charge < -0.3 is 4.90 Å². The van der Waals surface area contributed by atoms with Crippen LogP contribution in [0.15, 0.2) is 237 Å². The van der Waals surface area contributed by atoms with Gasteiger partial charge in [0.05, 0.1) is 11.4 Å². The van der Waals surface area contributed by atoms with Crippen LogP contribution in [0.25, 0.3) is 88.0 Å². The number of para-hydroxylation sites is 2. The maximum atomic E-state index is 2.50. The molecule has 0 fully saturated rings. The van der Waals surface area contributed by atoms with Crippen LogP contribution in [-0.4, -0.2) is 0 Å². The quantitative estimate of drug-likeness (QED) is 0.145. The summed E-state index contributed by atoms with van der Waals surface area (Å²) in [5.41, 5.74) is 18.2. The zero-order valence-electron chi connectivity index (χ0n) is 36.0. The summed E-state index contributed by atoms with van der Waals surface area (Å²) in [6.45, 7) is 4.73. The second-order valence-corrected chi connectivity index (χ2v) is 17.6. The van der Waals surface area contributed by atoms with E-state index in [9.17, 15) is 0 Å². The van der Waals surface area contributed by atoms with Crippen LogP contribution in [0.2, 0.25) is 0 Å².